The molecule has 0 radical (unpaired) electrons. The maximum absolute atomic E-state index is 6.37. The molecular weight excluding hydrogens is 567 g/mol. The molecule has 3 heteroatoms. The molecule has 9 rings (SSSR count). The Morgan fingerprint density at radius 3 is 1.80 bits per heavy atom. The summed E-state index contributed by atoms with van der Waals surface area (Å²) in [6, 6.07) is 58.4. The van der Waals surface area contributed by atoms with Crippen LogP contribution >= 0.6 is 11.3 Å². The number of hydrogen-bond donors (Lipinski definition) is 0. The lowest BCUT2D eigenvalue weighted by atomic mass is 10.0. The zero-order valence-electron chi connectivity index (χ0n) is 24.4. The minimum Gasteiger partial charge on any atom is -0.456 e. The Labute approximate surface area is 265 Å². The van der Waals surface area contributed by atoms with E-state index in [1.165, 1.54) is 42.4 Å². The molecule has 0 saturated carbocycles. The van der Waals surface area contributed by atoms with Crippen LogP contribution in [0.25, 0.3) is 64.4 Å². The van der Waals surface area contributed by atoms with Crippen LogP contribution in [0.4, 0.5) is 17.1 Å². The largest absolute Gasteiger partial charge is 0.456 e. The highest BCUT2D eigenvalue weighted by Gasteiger charge is 2.20. The van der Waals surface area contributed by atoms with E-state index in [2.05, 4.69) is 157 Å². The normalized spacial score (nSPS) is 11.6. The van der Waals surface area contributed by atoms with Crippen molar-refractivity contribution in [1.29, 1.82) is 0 Å². The number of benzene rings is 7. The van der Waals surface area contributed by atoms with Gasteiger partial charge in [0.1, 0.15) is 11.2 Å². The molecule has 0 bridgehead atoms. The van der Waals surface area contributed by atoms with E-state index in [0.29, 0.717) is 0 Å². The van der Waals surface area contributed by atoms with E-state index in [1.807, 2.05) is 23.5 Å². The molecule has 0 unspecified atom stereocenters. The Bertz CT molecular complexity index is 2470. The molecule has 0 spiro atoms. The zero-order chi connectivity index (χ0) is 29.7. The average Bonchev–Trinajstić information content (AvgIpc) is 3.68. The summed E-state index contributed by atoms with van der Waals surface area (Å²) in [6.45, 7) is 0. The van der Waals surface area contributed by atoms with Crippen molar-refractivity contribution < 1.29 is 4.42 Å². The number of rotatable bonds is 5. The number of anilines is 3. The van der Waals surface area contributed by atoms with Gasteiger partial charge < -0.3 is 9.32 Å². The average molecular weight is 594 g/mol. The maximum Gasteiger partial charge on any atom is 0.137 e. The first-order valence-electron chi connectivity index (χ1n) is 15.2. The molecule has 0 aliphatic carbocycles. The maximum atomic E-state index is 6.37. The van der Waals surface area contributed by atoms with Crippen LogP contribution in [0.1, 0.15) is 0 Å². The van der Waals surface area contributed by atoms with E-state index in [1.54, 1.807) is 0 Å². The fourth-order valence-electron chi connectivity index (χ4n) is 6.54. The van der Waals surface area contributed by atoms with Crippen LogP contribution in [-0.2, 0) is 0 Å². The third-order valence-electron chi connectivity index (χ3n) is 8.68. The summed E-state index contributed by atoms with van der Waals surface area (Å²) in [4.78, 5) is 2.38. The summed E-state index contributed by atoms with van der Waals surface area (Å²) in [7, 11) is 0. The van der Waals surface area contributed by atoms with Gasteiger partial charge in [-0.2, -0.15) is 0 Å². The second-order valence-electron chi connectivity index (χ2n) is 11.3. The van der Waals surface area contributed by atoms with Crippen molar-refractivity contribution in [2.75, 3.05) is 4.90 Å². The first kappa shape index (κ1) is 25.8. The molecule has 0 aliphatic rings. The molecule has 0 fully saturated rings. The lowest BCUT2D eigenvalue weighted by Crippen LogP contribution is -2.10. The van der Waals surface area contributed by atoms with E-state index in [4.69, 9.17) is 4.42 Å². The quantitative estimate of drug-likeness (QED) is 0.197. The molecule has 0 amide bonds. The van der Waals surface area contributed by atoms with E-state index >= 15 is 0 Å². The van der Waals surface area contributed by atoms with Gasteiger partial charge in [-0.05, 0) is 58.7 Å². The van der Waals surface area contributed by atoms with Crippen molar-refractivity contribution in [3.8, 4) is 22.3 Å². The number of thiophene rings is 1. The topological polar surface area (TPSA) is 16.4 Å². The van der Waals surface area contributed by atoms with Crippen LogP contribution in [0.5, 0.6) is 0 Å². The number of furan rings is 1. The van der Waals surface area contributed by atoms with E-state index in [0.717, 1.165) is 39.0 Å². The standard InChI is InChI=1S/C42H27NOS/c1-3-11-28(12-4-1)29-21-23-31(24-22-29)43(32-25-26-35-34-15-7-8-20-39(34)44-40(35)27-32)38-19-10-18-37-36-17-9-16-33(41(36)45-42(37)38)30-13-5-2-6-14-30/h1-27H. The van der Waals surface area contributed by atoms with Gasteiger partial charge in [-0.3, -0.25) is 0 Å². The van der Waals surface area contributed by atoms with Gasteiger partial charge in [-0.15, -0.1) is 11.3 Å². The van der Waals surface area contributed by atoms with E-state index < -0.39 is 0 Å². The van der Waals surface area contributed by atoms with Crippen LogP contribution in [0, 0.1) is 0 Å². The summed E-state index contributed by atoms with van der Waals surface area (Å²) < 4.78 is 8.93. The van der Waals surface area contributed by atoms with Gasteiger partial charge in [0.25, 0.3) is 0 Å². The Kier molecular flexibility index (Phi) is 6.03. The highest BCUT2D eigenvalue weighted by atomic mass is 32.1. The minimum absolute atomic E-state index is 0.884. The predicted molar refractivity (Wildman–Crippen MR) is 192 cm³/mol. The number of para-hydroxylation sites is 1. The lowest BCUT2D eigenvalue weighted by molar-refractivity contribution is 0.669. The zero-order valence-corrected chi connectivity index (χ0v) is 25.2. The predicted octanol–water partition coefficient (Wildman–Crippen LogP) is 12.8. The Balaban J connectivity index is 1.27. The van der Waals surface area contributed by atoms with E-state index in [9.17, 15) is 0 Å². The summed E-state index contributed by atoms with van der Waals surface area (Å²) in [5, 5.41) is 4.81. The molecule has 9 aromatic rings. The highest BCUT2D eigenvalue weighted by Crippen LogP contribution is 2.47. The van der Waals surface area contributed by atoms with Crippen molar-refractivity contribution in [1.82, 2.24) is 0 Å². The monoisotopic (exact) mass is 593 g/mol. The smallest absolute Gasteiger partial charge is 0.137 e. The number of nitrogens with zero attached hydrogens (tertiary/aromatic N) is 1. The summed E-state index contributed by atoms with van der Waals surface area (Å²) in [5.41, 5.74) is 10.00. The van der Waals surface area contributed by atoms with Crippen molar-refractivity contribution in [3.05, 3.63) is 164 Å². The fourth-order valence-corrected chi connectivity index (χ4v) is 7.88. The molecule has 7 aromatic carbocycles. The van der Waals surface area contributed by atoms with Gasteiger partial charge in [0.2, 0.25) is 0 Å². The first-order chi connectivity index (χ1) is 22.3. The summed E-state index contributed by atoms with van der Waals surface area (Å²) >= 11 is 1.87. The van der Waals surface area contributed by atoms with Crippen LogP contribution in [-0.4, -0.2) is 0 Å². The molecule has 2 aromatic heterocycles. The molecule has 45 heavy (non-hydrogen) atoms. The Hall–Kier alpha value is -5.64. The lowest BCUT2D eigenvalue weighted by Gasteiger charge is -2.26. The molecule has 0 aliphatic heterocycles. The van der Waals surface area contributed by atoms with Gasteiger partial charge in [0.15, 0.2) is 0 Å². The number of fused-ring (bicyclic) bond motifs is 6. The third-order valence-corrected chi connectivity index (χ3v) is 9.96. The van der Waals surface area contributed by atoms with Gasteiger partial charge in [0, 0.05) is 43.7 Å². The molecule has 0 atom stereocenters. The molecule has 0 saturated heterocycles. The van der Waals surface area contributed by atoms with Gasteiger partial charge in [-0.1, -0.05) is 121 Å². The number of hydrogen-bond acceptors (Lipinski definition) is 3. The van der Waals surface area contributed by atoms with Crippen molar-refractivity contribution in [3.63, 3.8) is 0 Å². The Morgan fingerprint density at radius 1 is 0.400 bits per heavy atom. The Morgan fingerprint density at radius 2 is 1.00 bits per heavy atom. The van der Waals surface area contributed by atoms with Gasteiger partial charge in [-0.25, -0.2) is 0 Å². The molecular formula is C42H27NOS. The minimum atomic E-state index is 0.884. The molecule has 212 valence electrons. The van der Waals surface area contributed by atoms with Crippen molar-refractivity contribution in [2.24, 2.45) is 0 Å². The molecule has 0 N–H and O–H groups in total. The van der Waals surface area contributed by atoms with Gasteiger partial charge in [0.05, 0.1) is 10.4 Å². The summed E-state index contributed by atoms with van der Waals surface area (Å²) in [6.07, 6.45) is 0. The SMILES string of the molecule is c1ccc(-c2ccc(N(c3ccc4c(c3)oc3ccccc34)c3cccc4c3sc3c(-c5ccccc5)cccc34)cc2)cc1. The molecule has 2 nitrogen and oxygen atoms in total. The fraction of sp³-hybridized carbons (Fsp3) is 0. The van der Waals surface area contributed by atoms with Crippen molar-refractivity contribution >= 4 is 70.5 Å². The second kappa shape index (κ2) is 10.5. The van der Waals surface area contributed by atoms with Crippen molar-refractivity contribution in [2.45, 2.75) is 0 Å². The van der Waals surface area contributed by atoms with Crippen LogP contribution < -0.4 is 4.90 Å². The molecule has 2 heterocycles. The first-order valence-corrected chi connectivity index (χ1v) is 16.0. The summed E-state index contributed by atoms with van der Waals surface area (Å²) in [5.74, 6) is 0. The second-order valence-corrected chi connectivity index (χ2v) is 12.4. The highest BCUT2D eigenvalue weighted by molar-refractivity contribution is 7.27. The van der Waals surface area contributed by atoms with Crippen LogP contribution in [0.3, 0.4) is 0 Å². The van der Waals surface area contributed by atoms with Crippen LogP contribution in [0.15, 0.2) is 168 Å². The van der Waals surface area contributed by atoms with E-state index in [-0.39, 0.29) is 0 Å². The third kappa shape index (κ3) is 4.32. The van der Waals surface area contributed by atoms with Gasteiger partial charge >= 0.3 is 0 Å². The van der Waals surface area contributed by atoms with Crippen LogP contribution in [0.2, 0.25) is 0 Å².